The van der Waals surface area contributed by atoms with Crippen molar-refractivity contribution in [2.24, 2.45) is 69.9 Å². The molecule has 3 heterocycles. The summed E-state index contributed by atoms with van der Waals surface area (Å²) >= 11 is 4.22. The lowest BCUT2D eigenvalue weighted by molar-refractivity contribution is -0.136. The van der Waals surface area contributed by atoms with Crippen LogP contribution in [0.15, 0.2) is 55.5 Å². The van der Waals surface area contributed by atoms with Crippen molar-refractivity contribution in [2.45, 2.75) is 309 Å². The first kappa shape index (κ1) is 124. The van der Waals surface area contributed by atoms with Gasteiger partial charge in [-0.1, -0.05) is 108 Å². The van der Waals surface area contributed by atoms with E-state index >= 15 is 0 Å². The number of para-hydroxylation sites is 1. The van der Waals surface area contributed by atoms with Gasteiger partial charge in [0.15, 0.2) is 0 Å². The van der Waals surface area contributed by atoms with Crippen LogP contribution in [0.25, 0.3) is 10.9 Å². The molecule has 806 valence electrons. The normalized spacial score (nSPS) is 14.9. The van der Waals surface area contributed by atoms with Crippen LogP contribution in [0.5, 0.6) is 0 Å². The van der Waals surface area contributed by atoms with Gasteiger partial charge in [-0.2, -0.15) is 12.6 Å². The maximum absolute atomic E-state index is 14.8. The molecule has 0 bridgehead atoms. The van der Waals surface area contributed by atoms with Gasteiger partial charge in [-0.3, -0.25) is 101 Å². The van der Waals surface area contributed by atoms with E-state index in [4.69, 9.17) is 34.4 Å². The summed E-state index contributed by atoms with van der Waals surface area (Å²) in [6.45, 7) is 23.7. The topological polar surface area (TPSA) is 804 Å². The fraction of sp³-hybridized carbons (Fsp3) is 0.628. The van der Waals surface area contributed by atoms with E-state index in [0.29, 0.717) is 49.2 Å². The quantitative estimate of drug-likeness (QED) is 0.0145. The summed E-state index contributed by atoms with van der Waals surface area (Å²) in [7, 11) is 0. The lowest BCUT2D eigenvalue weighted by atomic mass is 9.99. The minimum atomic E-state index is -1.82. The van der Waals surface area contributed by atoms with E-state index in [0.717, 1.165) is 10.9 Å². The zero-order valence-electron chi connectivity index (χ0n) is 85.2. The number of primary amides is 3. The monoisotopic (exact) mass is 2060 g/mol. The maximum Gasteiger partial charge on any atom is 0.244 e. The molecular weight excluding hydrogens is 1900 g/mol. The number of amides is 21. The van der Waals surface area contributed by atoms with Crippen LogP contribution in [0, 0.1) is 35.5 Å². The molecule has 50 nitrogen and oxygen atoms in total. The van der Waals surface area contributed by atoms with Gasteiger partial charge in [0, 0.05) is 65.9 Å². The van der Waals surface area contributed by atoms with E-state index in [2.05, 4.69) is 133 Å². The number of aromatic nitrogens is 5. The zero-order chi connectivity index (χ0) is 109. The molecule has 0 aliphatic heterocycles. The molecule has 0 aliphatic carbocycles. The minimum absolute atomic E-state index is 0.00669. The van der Waals surface area contributed by atoms with Crippen LogP contribution in [-0.4, -0.2) is 284 Å². The van der Waals surface area contributed by atoms with Crippen LogP contribution in [0.1, 0.15) is 204 Å². The Morgan fingerprint density at radius 1 is 0.338 bits per heavy atom. The maximum atomic E-state index is 14.8. The molecule has 0 spiro atoms. The Morgan fingerprint density at radius 3 is 1.08 bits per heavy atom. The molecule has 21 amide bonds. The Labute approximate surface area is 848 Å². The molecule has 51 heteroatoms. The molecule has 0 radical (unpaired) electrons. The Bertz CT molecular complexity index is 4990. The number of fused-ring (bicyclic) bond motifs is 1. The van der Waals surface area contributed by atoms with Gasteiger partial charge in [-0.15, -0.1) is 0 Å². The molecule has 145 heavy (non-hydrogen) atoms. The molecule has 4 rings (SSSR count). The molecule has 1 aromatic carbocycles. The number of benzene rings is 1. The van der Waals surface area contributed by atoms with Gasteiger partial charge >= 0.3 is 0 Å². The fourth-order valence-electron chi connectivity index (χ4n) is 15.1. The molecule has 0 unspecified atom stereocenters. The fourth-order valence-corrected chi connectivity index (χ4v) is 15.3. The minimum Gasteiger partial charge on any atom is -0.370 e. The van der Waals surface area contributed by atoms with Crippen LogP contribution >= 0.6 is 12.6 Å². The van der Waals surface area contributed by atoms with E-state index in [1.54, 1.807) is 95.3 Å². The summed E-state index contributed by atoms with van der Waals surface area (Å²) in [5.74, 6) is -21.6. The largest absolute Gasteiger partial charge is 0.370 e. The number of hydrogen-bond acceptors (Lipinski definition) is 27. The third kappa shape index (κ3) is 45.0. The van der Waals surface area contributed by atoms with E-state index in [1.807, 2.05) is 18.2 Å². The summed E-state index contributed by atoms with van der Waals surface area (Å²) in [6, 6.07) is -16.6. The van der Waals surface area contributed by atoms with Crippen LogP contribution in [-0.2, 0) is 120 Å². The number of nitrogens with one attached hydrogen (secondary N) is 21. The van der Waals surface area contributed by atoms with Gasteiger partial charge in [0.1, 0.15) is 96.7 Å². The number of aromatic amines is 3. The number of hydrogen-bond donors (Lipinski definition) is 28. The second-order valence-corrected chi connectivity index (χ2v) is 38.9. The van der Waals surface area contributed by atoms with Crippen molar-refractivity contribution in [1.82, 2.24) is 121 Å². The van der Waals surface area contributed by atoms with Crippen molar-refractivity contribution in [3.05, 3.63) is 72.5 Å². The second-order valence-electron chi connectivity index (χ2n) is 38.6. The lowest BCUT2D eigenvalue weighted by Crippen LogP contribution is -2.61. The first-order valence-electron chi connectivity index (χ1n) is 48.8. The van der Waals surface area contributed by atoms with Gasteiger partial charge in [0.2, 0.25) is 124 Å². The van der Waals surface area contributed by atoms with Crippen molar-refractivity contribution in [3.63, 3.8) is 0 Å². The number of H-pyrrole nitrogens is 3. The van der Waals surface area contributed by atoms with Gasteiger partial charge in [-0.25, -0.2) is 9.97 Å². The van der Waals surface area contributed by atoms with Crippen molar-refractivity contribution >= 4 is 148 Å². The van der Waals surface area contributed by atoms with Crippen molar-refractivity contribution in [3.8, 4) is 0 Å². The van der Waals surface area contributed by atoms with E-state index in [1.165, 1.54) is 45.8 Å². The average molecular weight is 2060 g/mol. The predicted octanol–water partition coefficient (Wildman–Crippen LogP) is -5.67. The van der Waals surface area contributed by atoms with Crippen molar-refractivity contribution < 1.29 is 101 Å². The summed E-state index contributed by atoms with van der Waals surface area (Å²) in [5.41, 5.74) is 36.2. The predicted molar refractivity (Wildman–Crippen MR) is 537 cm³/mol. The summed E-state index contributed by atoms with van der Waals surface area (Å²) in [6.07, 6.45) is 6.72. The zero-order valence-corrected chi connectivity index (χ0v) is 86.1. The number of carbonyl (C=O) groups excluding carboxylic acids is 21. The molecule has 33 N–H and O–H groups in total. The summed E-state index contributed by atoms with van der Waals surface area (Å²) in [5, 5.41) is 46.6. The molecule has 3 aromatic heterocycles. The number of thiol groups is 1. The highest BCUT2D eigenvalue weighted by Gasteiger charge is 2.40. The second kappa shape index (κ2) is 62.7. The van der Waals surface area contributed by atoms with Crippen molar-refractivity contribution in [1.29, 1.82) is 0 Å². The highest BCUT2D eigenvalue weighted by Crippen LogP contribution is 2.22. The SMILES string of the molecule is CC(C)C[C@H](NC(=O)CNC(=O)[C@H](Cc1cnc[nH]1)NC(=O)[C@H](Cc1cnc[nH]1)NC(=O)[C@H](CC(C)C)NC(=O)[C@H](CC(C)C)NC(=O)[C@H](C)NC(=O)[C@H](CC(N)=O)NC(=O)[C@H](CC(C)C)NC(=O)[C@H](Cc1c[nH]c2ccccc12)NC(=O)[C@@H](N)CCCCN)C(=O)N[C@@H](CC(N)=O)C(=O)N[C@@H](CS)C(=O)N[C@@H](C)C(=O)N[C@@H](CCCCN)C(=O)NCC(=O)N[C@H](C(=O)N[C@@H](CC(C)C)C(=O)N[C@@H](C)C(N)=O)C(C)C. The molecule has 0 aliphatic rings. The van der Waals surface area contributed by atoms with Crippen LogP contribution in [0.4, 0.5) is 0 Å². The Kier molecular flexibility index (Phi) is 53.5. The van der Waals surface area contributed by atoms with Gasteiger partial charge < -0.3 is 145 Å². The number of unbranched alkanes of at least 4 members (excludes halogenated alkanes) is 2. The molecular formula is C94H153N29O21S. The summed E-state index contributed by atoms with van der Waals surface area (Å²) < 4.78 is 0. The number of nitrogens with two attached hydrogens (primary N) is 6. The number of rotatable bonds is 67. The first-order valence-corrected chi connectivity index (χ1v) is 49.4. The standard InChI is InChI=1S/C94H153N29O21S/c1-46(2)28-62(86(136)120-71(37-74(99)125)92(142)122-72(43-145)93(143)110-53(14)79(129)112-61(25-19-21-27-96)82(132)104-42-76(127)123-77(51(11)12)94(144)121-63(29-47(3)4)84(134)108-52(13)78(100)128)111-75(126)41-105-83(133)68(34-56-39-101-44-106-56)117-91(141)69(35-57-40-102-45-107-57)118-88(138)65(31-49(7)8)115-87(137)64(30-48(5)6)113-80(130)54(15)109-85(135)70(36-73(98)124)119-89(139)66(32-50(9)10)116-90(140)67(114-81(131)59(97)23-18-20-26-95)33-55-38-103-60-24-17-16-22-58(55)60/h16-17,22,24,38-40,44-54,59,61-72,77,103,145H,18-21,23,25-37,41-43,95-97H2,1-15H3,(H2,98,124)(H2,99,125)(H2,100,128)(H,101,106)(H,102,107)(H,104,132)(H,105,133)(H,108,134)(H,109,135)(H,110,143)(H,111,126)(H,112,129)(H,113,130)(H,114,131)(H,115,137)(H,116,140)(H,117,141)(H,118,138)(H,119,139)(H,120,136)(H,121,144)(H,122,142)(H,123,127)/t52-,53-,54-,59-,61-,62-,63-,64-,65-,66-,67-,68-,69-,70-,71-,72-,77-/m0/s1. The molecule has 0 fully saturated rings. The molecule has 4 aromatic rings. The van der Waals surface area contributed by atoms with Gasteiger partial charge in [0.25, 0.3) is 0 Å². The smallest absolute Gasteiger partial charge is 0.244 e. The third-order valence-corrected chi connectivity index (χ3v) is 23.2. The van der Waals surface area contributed by atoms with Crippen LogP contribution in [0.2, 0.25) is 0 Å². The Hall–Kier alpha value is -13.7. The summed E-state index contributed by atoms with van der Waals surface area (Å²) in [4.78, 5) is 307. The lowest BCUT2D eigenvalue weighted by Gasteiger charge is -2.28. The van der Waals surface area contributed by atoms with Crippen LogP contribution in [0.3, 0.4) is 0 Å². The van der Waals surface area contributed by atoms with Gasteiger partial charge in [-0.05, 0) is 145 Å². The number of imidazole rings is 2. The average Bonchev–Trinajstić information content (AvgIpc) is 1.68. The highest BCUT2D eigenvalue weighted by atomic mass is 32.1. The molecule has 0 saturated heterocycles. The Balaban J connectivity index is 1.48. The van der Waals surface area contributed by atoms with E-state index in [9.17, 15) is 101 Å². The first-order chi connectivity index (χ1) is 68.2. The van der Waals surface area contributed by atoms with Crippen LogP contribution < -0.4 is 130 Å². The molecule has 0 saturated carbocycles. The van der Waals surface area contributed by atoms with Gasteiger partial charge in [0.05, 0.1) is 44.6 Å². The highest BCUT2D eigenvalue weighted by molar-refractivity contribution is 7.80. The number of carbonyl (C=O) groups is 21. The third-order valence-electron chi connectivity index (χ3n) is 22.9. The van der Waals surface area contributed by atoms with E-state index in [-0.39, 0.29) is 100 Å². The molecule has 17 atom stereocenters. The number of nitrogens with zero attached hydrogens (tertiary/aromatic N) is 2. The Morgan fingerprint density at radius 2 is 0.669 bits per heavy atom. The van der Waals surface area contributed by atoms with Crippen molar-refractivity contribution in [2.75, 3.05) is 31.9 Å². The van der Waals surface area contributed by atoms with E-state index < -0.39 is 264 Å².